The molecule has 3 nitrogen and oxygen atoms in total. The predicted molar refractivity (Wildman–Crippen MR) is 90.8 cm³/mol. The van der Waals surface area contributed by atoms with Crippen molar-refractivity contribution >= 4 is 22.9 Å². The molecule has 0 aliphatic carbocycles. The summed E-state index contributed by atoms with van der Waals surface area (Å²) in [4.78, 5) is 7.00. The fourth-order valence-corrected chi connectivity index (χ4v) is 3.74. The Balaban J connectivity index is 1.57. The highest BCUT2D eigenvalue weighted by Gasteiger charge is 2.18. The third kappa shape index (κ3) is 3.86. The summed E-state index contributed by atoms with van der Waals surface area (Å²) in [6, 6.07) is 8.45. The van der Waals surface area contributed by atoms with E-state index in [0.717, 1.165) is 48.1 Å². The number of thiophene rings is 1. The molecule has 1 aliphatic rings. The van der Waals surface area contributed by atoms with Crippen LogP contribution in [0.2, 0.25) is 4.34 Å². The first-order valence-electron chi connectivity index (χ1n) is 7.53. The van der Waals surface area contributed by atoms with Gasteiger partial charge in [-0.15, -0.1) is 11.3 Å². The van der Waals surface area contributed by atoms with Crippen LogP contribution in [0.15, 0.2) is 29.8 Å². The molecule has 1 saturated heterocycles. The van der Waals surface area contributed by atoms with E-state index in [2.05, 4.69) is 28.1 Å². The van der Waals surface area contributed by atoms with E-state index in [-0.39, 0.29) is 0 Å². The first-order valence-corrected chi connectivity index (χ1v) is 8.79. The number of nitriles is 1. The van der Waals surface area contributed by atoms with Gasteiger partial charge in [-0.2, -0.15) is 5.26 Å². The highest BCUT2D eigenvalue weighted by Crippen LogP contribution is 2.27. The topological polar surface area (TPSA) is 39.9 Å². The summed E-state index contributed by atoms with van der Waals surface area (Å²) in [6.45, 7) is 3.10. The average molecular weight is 332 g/mol. The molecule has 1 aliphatic heterocycles. The molecular weight excluding hydrogens is 314 g/mol. The van der Waals surface area contributed by atoms with Gasteiger partial charge in [0.1, 0.15) is 0 Å². The van der Waals surface area contributed by atoms with Crippen molar-refractivity contribution in [1.82, 2.24) is 9.88 Å². The summed E-state index contributed by atoms with van der Waals surface area (Å²) in [5, 5.41) is 10.8. The molecule has 0 bridgehead atoms. The number of piperidine rings is 1. The number of likely N-dealkylation sites (tertiary alicyclic amines) is 1. The van der Waals surface area contributed by atoms with Gasteiger partial charge in [-0.25, -0.2) is 0 Å². The van der Waals surface area contributed by atoms with Crippen molar-refractivity contribution in [2.75, 3.05) is 13.1 Å². The van der Waals surface area contributed by atoms with Crippen LogP contribution in [0, 0.1) is 17.2 Å². The van der Waals surface area contributed by atoms with Crippen LogP contribution in [0.5, 0.6) is 0 Å². The maximum Gasteiger partial charge on any atom is 0.0935 e. The van der Waals surface area contributed by atoms with Crippen molar-refractivity contribution in [3.8, 4) is 17.3 Å². The van der Waals surface area contributed by atoms with Crippen molar-refractivity contribution in [1.29, 1.82) is 5.26 Å². The van der Waals surface area contributed by atoms with Gasteiger partial charge in [0.2, 0.25) is 0 Å². The van der Waals surface area contributed by atoms with Crippen LogP contribution in [0.1, 0.15) is 24.8 Å². The third-order valence-corrected chi connectivity index (χ3v) is 5.27. The Hall–Kier alpha value is -1.41. The number of nitrogens with zero attached hydrogens (tertiary/aromatic N) is 3. The number of aromatic nitrogens is 1. The van der Waals surface area contributed by atoms with Gasteiger partial charge in [0.15, 0.2) is 0 Å². The fraction of sp³-hybridized carbons (Fsp3) is 0.412. The Morgan fingerprint density at radius 2 is 2.18 bits per heavy atom. The maximum atomic E-state index is 8.76. The van der Waals surface area contributed by atoms with Crippen LogP contribution in [-0.2, 0) is 6.54 Å². The van der Waals surface area contributed by atoms with Gasteiger partial charge in [0.25, 0.3) is 0 Å². The molecule has 22 heavy (non-hydrogen) atoms. The molecule has 3 rings (SSSR count). The Morgan fingerprint density at radius 1 is 1.36 bits per heavy atom. The Labute approximate surface area is 140 Å². The molecule has 1 fully saturated rings. The first kappa shape index (κ1) is 15.5. The minimum Gasteiger partial charge on any atom is -0.299 e. The van der Waals surface area contributed by atoms with Crippen molar-refractivity contribution in [3.05, 3.63) is 39.7 Å². The number of hydrogen-bond acceptors (Lipinski definition) is 4. The summed E-state index contributed by atoms with van der Waals surface area (Å²) in [7, 11) is 0. The maximum absolute atomic E-state index is 8.76. The second kappa shape index (κ2) is 7.23. The van der Waals surface area contributed by atoms with Crippen LogP contribution in [-0.4, -0.2) is 23.0 Å². The standard InChI is InChI=1S/C17H18ClN3S/c18-17-9-15(12-22-17)16-2-1-14(10-20-16)11-21-7-4-13(3-6-19)5-8-21/h1-2,9-10,12-13H,3-5,7-8,11H2. The molecule has 0 spiro atoms. The van der Waals surface area contributed by atoms with Crippen molar-refractivity contribution in [3.63, 3.8) is 0 Å². The van der Waals surface area contributed by atoms with Crippen molar-refractivity contribution in [2.45, 2.75) is 25.8 Å². The minimum absolute atomic E-state index is 0.588. The molecule has 2 aromatic heterocycles. The number of halogens is 1. The first-order chi connectivity index (χ1) is 10.7. The molecule has 2 aromatic rings. The molecule has 0 saturated carbocycles. The van der Waals surface area contributed by atoms with E-state index in [1.807, 2.05) is 17.6 Å². The van der Waals surface area contributed by atoms with Crippen LogP contribution < -0.4 is 0 Å². The zero-order valence-corrected chi connectivity index (χ0v) is 13.9. The van der Waals surface area contributed by atoms with Crippen molar-refractivity contribution < 1.29 is 0 Å². The van der Waals surface area contributed by atoms with Crippen LogP contribution in [0.3, 0.4) is 0 Å². The highest BCUT2D eigenvalue weighted by atomic mass is 35.5. The number of hydrogen-bond donors (Lipinski definition) is 0. The Morgan fingerprint density at radius 3 is 2.77 bits per heavy atom. The lowest BCUT2D eigenvalue weighted by atomic mass is 9.94. The summed E-state index contributed by atoms with van der Waals surface area (Å²) >= 11 is 7.50. The predicted octanol–water partition coefficient (Wildman–Crippen LogP) is 4.59. The van der Waals surface area contributed by atoms with Gasteiger partial charge >= 0.3 is 0 Å². The Bertz CT molecular complexity index is 651. The molecule has 0 atom stereocenters. The van der Waals surface area contributed by atoms with Crippen LogP contribution in [0.4, 0.5) is 0 Å². The molecular formula is C17H18ClN3S. The largest absolute Gasteiger partial charge is 0.299 e. The van der Waals surface area contributed by atoms with E-state index in [9.17, 15) is 0 Å². The van der Waals surface area contributed by atoms with Crippen LogP contribution in [0.25, 0.3) is 11.3 Å². The summed E-state index contributed by atoms with van der Waals surface area (Å²) in [5.41, 5.74) is 3.29. The van der Waals surface area contributed by atoms with Gasteiger partial charge in [-0.05, 0) is 49.5 Å². The quantitative estimate of drug-likeness (QED) is 0.822. The molecule has 0 N–H and O–H groups in total. The second-order valence-electron chi connectivity index (χ2n) is 5.77. The Kier molecular flexibility index (Phi) is 5.09. The number of pyridine rings is 1. The zero-order valence-electron chi connectivity index (χ0n) is 12.3. The SMILES string of the molecule is N#CCC1CCN(Cc2ccc(-c3csc(Cl)c3)nc2)CC1. The summed E-state index contributed by atoms with van der Waals surface area (Å²) in [5.74, 6) is 0.588. The van der Waals surface area contributed by atoms with Gasteiger partial charge in [-0.1, -0.05) is 17.7 Å². The van der Waals surface area contributed by atoms with E-state index >= 15 is 0 Å². The van der Waals surface area contributed by atoms with Crippen LogP contribution >= 0.6 is 22.9 Å². The molecule has 0 radical (unpaired) electrons. The molecule has 114 valence electrons. The van der Waals surface area contributed by atoms with Gasteiger partial charge in [-0.3, -0.25) is 9.88 Å². The normalized spacial score (nSPS) is 16.5. The molecule has 0 amide bonds. The van der Waals surface area contributed by atoms with Gasteiger partial charge < -0.3 is 0 Å². The van der Waals surface area contributed by atoms with Gasteiger partial charge in [0, 0.05) is 30.1 Å². The van der Waals surface area contributed by atoms with Crippen molar-refractivity contribution in [2.24, 2.45) is 5.92 Å². The third-order valence-electron chi connectivity index (χ3n) is 4.18. The summed E-state index contributed by atoms with van der Waals surface area (Å²) in [6.07, 6.45) is 4.93. The average Bonchev–Trinajstić information content (AvgIpc) is 2.97. The monoisotopic (exact) mass is 331 g/mol. The van der Waals surface area contributed by atoms with Gasteiger partial charge in [0.05, 0.1) is 16.1 Å². The van der Waals surface area contributed by atoms with E-state index in [1.165, 1.54) is 16.9 Å². The smallest absolute Gasteiger partial charge is 0.0935 e. The molecule has 0 unspecified atom stereocenters. The second-order valence-corrected chi connectivity index (χ2v) is 7.32. The van der Waals surface area contributed by atoms with E-state index in [1.54, 1.807) is 0 Å². The molecule has 3 heterocycles. The lowest BCUT2D eigenvalue weighted by Crippen LogP contribution is -2.33. The van der Waals surface area contributed by atoms with E-state index in [0.29, 0.717) is 12.3 Å². The lowest BCUT2D eigenvalue weighted by Gasteiger charge is -2.30. The molecule has 5 heteroatoms. The summed E-state index contributed by atoms with van der Waals surface area (Å²) < 4.78 is 0.793. The fourth-order valence-electron chi connectivity index (χ4n) is 2.87. The molecule has 0 aromatic carbocycles. The van der Waals surface area contributed by atoms with E-state index < -0.39 is 0 Å². The highest BCUT2D eigenvalue weighted by molar-refractivity contribution is 7.14. The van der Waals surface area contributed by atoms with E-state index in [4.69, 9.17) is 16.9 Å². The number of rotatable bonds is 4. The lowest BCUT2D eigenvalue weighted by molar-refractivity contribution is 0.179. The zero-order chi connectivity index (χ0) is 15.4. The minimum atomic E-state index is 0.588.